The molecule has 0 spiro atoms. The van der Waals surface area contributed by atoms with Crippen molar-refractivity contribution in [1.82, 2.24) is 5.32 Å². The summed E-state index contributed by atoms with van der Waals surface area (Å²) in [6.07, 6.45) is 2.99. The number of nitrogens with one attached hydrogen (secondary N) is 2. The zero-order chi connectivity index (χ0) is 20.3. The number of aryl methyl sites for hydroxylation is 1. The monoisotopic (exact) mass is 477 g/mol. The Morgan fingerprint density at radius 2 is 2.21 bits per heavy atom. The van der Waals surface area contributed by atoms with Crippen LogP contribution in [-0.2, 0) is 12.8 Å². The zero-order valence-corrected chi connectivity index (χ0v) is 18.8. The molecule has 2 aromatic rings. The molecule has 0 atom stereocenters. The first-order valence-electron chi connectivity index (χ1n) is 8.98. The zero-order valence-electron chi connectivity index (χ0n) is 15.6. The summed E-state index contributed by atoms with van der Waals surface area (Å²) in [5.41, 5.74) is 2.14. The third-order valence-corrected chi connectivity index (χ3v) is 6.15. The van der Waals surface area contributed by atoms with Crippen LogP contribution in [0.1, 0.15) is 46.6 Å². The standard InChI is InChI=1S/C20H20BrN3O2S2/c1-11(2)10-26-16-7-6-12(21)8-14(16)18(25)23-20(27)24-19-15(9-22)13-4-3-5-17(13)28-19/h6-8,11H,3-5,10H2,1-2H3,(H2,23,24,25,27). The van der Waals surface area contributed by atoms with E-state index < -0.39 is 0 Å². The molecule has 0 aliphatic heterocycles. The average molecular weight is 478 g/mol. The minimum absolute atomic E-state index is 0.163. The lowest BCUT2D eigenvalue weighted by Crippen LogP contribution is -2.34. The molecule has 3 rings (SSSR count). The van der Waals surface area contributed by atoms with Gasteiger partial charge in [-0.05, 0) is 61.2 Å². The van der Waals surface area contributed by atoms with Crippen LogP contribution in [-0.4, -0.2) is 17.6 Å². The summed E-state index contributed by atoms with van der Waals surface area (Å²) in [6, 6.07) is 7.55. The largest absolute Gasteiger partial charge is 0.492 e. The third kappa shape index (κ3) is 4.72. The van der Waals surface area contributed by atoms with Crippen molar-refractivity contribution >= 4 is 55.5 Å². The molecule has 2 N–H and O–H groups in total. The minimum Gasteiger partial charge on any atom is -0.492 e. The van der Waals surface area contributed by atoms with Gasteiger partial charge in [0.25, 0.3) is 5.91 Å². The Labute approximate surface area is 182 Å². The summed E-state index contributed by atoms with van der Waals surface area (Å²) in [7, 11) is 0. The molecule has 1 aromatic carbocycles. The number of carbonyl (C=O) groups excluding carboxylic acids is 1. The second kappa shape index (κ2) is 9.03. The molecule has 1 aromatic heterocycles. The Balaban J connectivity index is 1.72. The fourth-order valence-electron chi connectivity index (χ4n) is 2.98. The van der Waals surface area contributed by atoms with Gasteiger partial charge in [-0.15, -0.1) is 11.3 Å². The number of benzene rings is 1. The Hall–Kier alpha value is -1.95. The molecule has 0 unspecified atom stereocenters. The highest BCUT2D eigenvalue weighted by molar-refractivity contribution is 9.10. The van der Waals surface area contributed by atoms with Gasteiger partial charge in [0.05, 0.1) is 17.7 Å². The number of hydrogen-bond acceptors (Lipinski definition) is 5. The summed E-state index contributed by atoms with van der Waals surface area (Å²) in [5, 5.41) is 16.1. The molecular formula is C20H20BrN3O2S2. The molecule has 1 heterocycles. The lowest BCUT2D eigenvalue weighted by molar-refractivity contribution is 0.0973. The molecule has 0 bridgehead atoms. The van der Waals surface area contributed by atoms with Gasteiger partial charge in [0.1, 0.15) is 16.8 Å². The van der Waals surface area contributed by atoms with Crippen molar-refractivity contribution in [3.05, 3.63) is 44.2 Å². The van der Waals surface area contributed by atoms with Gasteiger partial charge in [0.2, 0.25) is 0 Å². The highest BCUT2D eigenvalue weighted by Gasteiger charge is 2.23. The van der Waals surface area contributed by atoms with E-state index in [4.69, 9.17) is 17.0 Å². The van der Waals surface area contributed by atoms with Crippen LogP contribution in [0, 0.1) is 17.2 Å². The summed E-state index contributed by atoms with van der Waals surface area (Å²) < 4.78 is 6.54. The lowest BCUT2D eigenvalue weighted by Gasteiger charge is -2.14. The highest BCUT2D eigenvalue weighted by atomic mass is 79.9. The van der Waals surface area contributed by atoms with E-state index in [0.29, 0.717) is 34.4 Å². The Morgan fingerprint density at radius 1 is 1.43 bits per heavy atom. The van der Waals surface area contributed by atoms with Gasteiger partial charge in [0, 0.05) is 9.35 Å². The molecule has 1 aliphatic rings. The first-order chi connectivity index (χ1) is 13.4. The Kier molecular flexibility index (Phi) is 6.70. The third-order valence-electron chi connectivity index (χ3n) is 4.25. The maximum atomic E-state index is 12.8. The summed E-state index contributed by atoms with van der Waals surface area (Å²) in [4.78, 5) is 14.0. The fraction of sp³-hybridized carbons (Fsp3) is 0.350. The van der Waals surface area contributed by atoms with Crippen LogP contribution in [0.15, 0.2) is 22.7 Å². The van der Waals surface area contributed by atoms with E-state index in [1.54, 1.807) is 12.1 Å². The number of anilines is 1. The molecule has 5 nitrogen and oxygen atoms in total. The van der Waals surface area contributed by atoms with Crippen molar-refractivity contribution in [2.75, 3.05) is 11.9 Å². The Morgan fingerprint density at radius 3 is 2.93 bits per heavy atom. The average Bonchev–Trinajstić information content (AvgIpc) is 3.20. The second-order valence-electron chi connectivity index (χ2n) is 6.93. The highest BCUT2D eigenvalue weighted by Crippen LogP contribution is 2.38. The number of amides is 1. The van der Waals surface area contributed by atoms with E-state index >= 15 is 0 Å². The molecule has 1 aliphatic carbocycles. The first-order valence-corrected chi connectivity index (χ1v) is 11.0. The number of nitrogens with zero attached hydrogens (tertiary/aromatic N) is 1. The van der Waals surface area contributed by atoms with E-state index in [9.17, 15) is 10.1 Å². The predicted molar refractivity (Wildman–Crippen MR) is 119 cm³/mol. The number of hydrogen-bond donors (Lipinski definition) is 2. The summed E-state index contributed by atoms with van der Waals surface area (Å²) in [6.45, 7) is 4.60. The molecule has 146 valence electrons. The molecule has 0 fully saturated rings. The van der Waals surface area contributed by atoms with Gasteiger partial charge in [-0.3, -0.25) is 10.1 Å². The van der Waals surface area contributed by atoms with Crippen LogP contribution in [0.4, 0.5) is 5.00 Å². The first kappa shape index (κ1) is 20.8. The quantitative estimate of drug-likeness (QED) is 0.590. The lowest BCUT2D eigenvalue weighted by atomic mass is 10.1. The maximum absolute atomic E-state index is 12.8. The summed E-state index contributed by atoms with van der Waals surface area (Å²) >= 11 is 10.2. The number of halogens is 1. The van der Waals surface area contributed by atoms with Crippen molar-refractivity contribution in [2.24, 2.45) is 5.92 Å². The SMILES string of the molecule is CC(C)COc1ccc(Br)cc1C(=O)NC(=S)Nc1sc2c(c1C#N)CCC2. The number of thiocarbonyl (C=S) groups is 1. The van der Waals surface area contributed by atoms with Gasteiger partial charge < -0.3 is 10.1 Å². The number of nitriles is 1. The van der Waals surface area contributed by atoms with E-state index in [-0.39, 0.29) is 11.0 Å². The van der Waals surface area contributed by atoms with Crippen molar-refractivity contribution < 1.29 is 9.53 Å². The second-order valence-corrected chi connectivity index (χ2v) is 9.36. The van der Waals surface area contributed by atoms with Gasteiger partial charge in [0.15, 0.2) is 5.11 Å². The van der Waals surface area contributed by atoms with Gasteiger partial charge in [-0.25, -0.2) is 0 Å². The minimum atomic E-state index is -0.361. The van der Waals surface area contributed by atoms with Crippen LogP contribution < -0.4 is 15.4 Å². The van der Waals surface area contributed by atoms with Crippen LogP contribution in [0.3, 0.4) is 0 Å². The van der Waals surface area contributed by atoms with Crippen molar-refractivity contribution in [3.8, 4) is 11.8 Å². The van der Waals surface area contributed by atoms with Gasteiger partial charge in [-0.1, -0.05) is 29.8 Å². The molecule has 8 heteroatoms. The summed E-state index contributed by atoms with van der Waals surface area (Å²) in [5.74, 6) is 0.484. The molecule has 1 amide bonds. The van der Waals surface area contributed by atoms with E-state index in [0.717, 1.165) is 29.3 Å². The van der Waals surface area contributed by atoms with Crippen LogP contribution in [0.2, 0.25) is 0 Å². The number of rotatable bonds is 5. The molecule has 0 saturated carbocycles. The molecular weight excluding hydrogens is 458 g/mol. The number of thiophene rings is 1. The number of carbonyl (C=O) groups is 1. The number of ether oxygens (including phenoxy) is 1. The van der Waals surface area contributed by atoms with Crippen molar-refractivity contribution in [3.63, 3.8) is 0 Å². The van der Waals surface area contributed by atoms with Gasteiger partial charge in [-0.2, -0.15) is 5.26 Å². The normalized spacial score (nSPS) is 12.4. The predicted octanol–water partition coefficient (Wildman–Crippen LogP) is 5.03. The van der Waals surface area contributed by atoms with E-state index in [1.807, 2.05) is 19.9 Å². The van der Waals surface area contributed by atoms with E-state index in [1.165, 1.54) is 16.2 Å². The van der Waals surface area contributed by atoms with E-state index in [2.05, 4.69) is 32.6 Å². The van der Waals surface area contributed by atoms with Crippen LogP contribution in [0.5, 0.6) is 5.75 Å². The molecule has 0 radical (unpaired) electrons. The van der Waals surface area contributed by atoms with Gasteiger partial charge >= 0.3 is 0 Å². The molecule has 0 saturated heterocycles. The van der Waals surface area contributed by atoms with Crippen molar-refractivity contribution in [1.29, 1.82) is 5.26 Å². The molecule has 28 heavy (non-hydrogen) atoms. The smallest absolute Gasteiger partial charge is 0.261 e. The number of fused-ring (bicyclic) bond motifs is 1. The van der Waals surface area contributed by atoms with Crippen LogP contribution >= 0.6 is 39.5 Å². The topological polar surface area (TPSA) is 74.2 Å². The fourth-order valence-corrected chi connectivity index (χ4v) is 4.84. The Bertz CT molecular complexity index is 963. The van der Waals surface area contributed by atoms with Crippen LogP contribution in [0.25, 0.3) is 0 Å². The maximum Gasteiger partial charge on any atom is 0.261 e. The van der Waals surface area contributed by atoms with Crippen molar-refractivity contribution in [2.45, 2.75) is 33.1 Å².